The molecule has 0 fully saturated rings. The summed E-state index contributed by atoms with van der Waals surface area (Å²) in [5.74, 6) is 2.53. The van der Waals surface area contributed by atoms with Gasteiger partial charge >= 0.3 is 0 Å². The molecule has 3 rings (SSSR count). The number of aliphatic hydroxyl groups is 2. The number of aromatic nitrogens is 3. The number of hydrogen-bond donors (Lipinski definition) is 2. The summed E-state index contributed by atoms with van der Waals surface area (Å²) >= 11 is 0. The highest BCUT2D eigenvalue weighted by Gasteiger charge is 2.17. The molecule has 0 saturated heterocycles. The van der Waals surface area contributed by atoms with E-state index in [9.17, 15) is 5.11 Å². The number of ether oxygens (including phenoxy) is 2. The predicted octanol–water partition coefficient (Wildman–Crippen LogP) is 3.61. The Morgan fingerprint density at radius 3 is 2.53 bits per heavy atom. The third-order valence-electron chi connectivity index (χ3n) is 4.98. The minimum atomic E-state index is -0.920. The van der Waals surface area contributed by atoms with E-state index < -0.39 is 6.10 Å². The summed E-state index contributed by atoms with van der Waals surface area (Å²) in [6, 6.07) is 7.62. The Balaban J connectivity index is 1.92. The molecule has 0 amide bonds. The van der Waals surface area contributed by atoms with E-state index in [1.807, 2.05) is 32.0 Å². The predicted molar refractivity (Wildman–Crippen MR) is 121 cm³/mol. The molecule has 8 heteroatoms. The zero-order valence-electron chi connectivity index (χ0n) is 19.3. The topological polar surface area (TPSA) is 111 Å². The van der Waals surface area contributed by atoms with Crippen molar-refractivity contribution < 1.29 is 24.2 Å². The van der Waals surface area contributed by atoms with E-state index in [2.05, 4.69) is 29.0 Å². The smallest absolute Gasteiger partial charge is 0.258 e. The van der Waals surface area contributed by atoms with Crippen LogP contribution in [0, 0.1) is 12.8 Å². The third-order valence-corrected chi connectivity index (χ3v) is 4.98. The van der Waals surface area contributed by atoms with Crippen molar-refractivity contribution in [2.75, 3.05) is 20.3 Å². The fraction of sp³-hybridized carbons (Fsp3) is 0.458. The Morgan fingerprint density at radius 1 is 1.09 bits per heavy atom. The number of methoxy groups -OCH3 is 1. The van der Waals surface area contributed by atoms with Gasteiger partial charge in [0.05, 0.1) is 13.7 Å². The average Bonchev–Trinajstić information content (AvgIpc) is 3.27. The molecule has 2 heterocycles. The number of benzene rings is 1. The normalized spacial score (nSPS) is 12.2. The van der Waals surface area contributed by atoms with Crippen LogP contribution >= 0.6 is 0 Å². The number of aliphatic hydroxyl groups excluding tert-OH is 2. The number of pyridine rings is 1. The molecule has 0 aliphatic heterocycles. The SMILES string of the molecule is CCc1cc(-c2noc(-c3cc(CC(C)C)nc(OC)c3)n2)cc(C)c1OC[C@H](O)CO. The Hall–Kier alpha value is -2.97. The summed E-state index contributed by atoms with van der Waals surface area (Å²) in [5, 5.41) is 22.8. The maximum absolute atomic E-state index is 9.60. The van der Waals surface area contributed by atoms with Gasteiger partial charge in [0.15, 0.2) is 0 Å². The van der Waals surface area contributed by atoms with Crippen LogP contribution in [0.15, 0.2) is 28.8 Å². The summed E-state index contributed by atoms with van der Waals surface area (Å²) in [4.78, 5) is 9.11. The van der Waals surface area contributed by atoms with E-state index in [4.69, 9.17) is 19.1 Å². The van der Waals surface area contributed by atoms with Crippen molar-refractivity contribution in [3.05, 3.63) is 41.1 Å². The van der Waals surface area contributed by atoms with Gasteiger partial charge in [0.25, 0.3) is 5.89 Å². The molecule has 1 aromatic carbocycles. The van der Waals surface area contributed by atoms with E-state index in [0.29, 0.717) is 29.3 Å². The summed E-state index contributed by atoms with van der Waals surface area (Å²) in [6.07, 6.45) is 0.622. The molecule has 172 valence electrons. The monoisotopic (exact) mass is 441 g/mol. The van der Waals surface area contributed by atoms with Crippen LogP contribution in [-0.2, 0) is 12.8 Å². The lowest BCUT2D eigenvalue weighted by Gasteiger charge is -2.16. The quantitative estimate of drug-likeness (QED) is 0.491. The van der Waals surface area contributed by atoms with Gasteiger partial charge in [-0.3, -0.25) is 0 Å². The van der Waals surface area contributed by atoms with Crippen molar-refractivity contribution in [2.24, 2.45) is 5.92 Å². The summed E-state index contributed by atoms with van der Waals surface area (Å²) < 4.78 is 16.7. The highest BCUT2D eigenvalue weighted by molar-refractivity contribution is 5.64. The van der Waals surface area contributed by atoms with Gasteiger partial charge in [0, 0.05) is 22.9 Å². The van der Waals surface area contributed by atoms with Crippen LogP contribution in [0.4, 0.5) is 0 Å². The molecule has 0 unspecified atom stereocenters. The van der Waals surface area contributed by atoms with E-state index in [1.54, 1.807) is 13.2 Å². The lowest BCUT2D eigenvalue weighted by molar-refractivity contribution is 0.0531. The molecule has 2 aromatic heterocycles. The molecule has 0 spiro atoms. The van der Waals surface area contributed by atoms with Gasteiger partial charge in [-0.1, -0.05) is 25.9 Å². The lowest BCUT2D eigenvalue weighted by Crippen LogP contribution is -2.22. The molecular weight excluding hydrogens is 410 g/mol. The Morgan fingerprint density at radius 2 is 1.88 bits per heavy atom. The zero-order valence-corrected chi connectivity index (χ0v) is 19.3. The molecule has 3 aromatic rings. The molecule has 0 aliphatic carbocycles. The van der Waals surface area contributed by atoms with Crippen LogP contribution in [0.3, 0.4) is 0 Å². The maximum atomic E-state index is 9.60. The van der Waals surface area contributed by atoms with Crippen LogP contribution in [0.1, 0.15) is 37.6 Å². The van der Waals surface area contributed by atoms with Gasteiger partial charge in [-0.05, 0) is 55.0 Å². The first kappa shape index (κ1) is 23.7. The number of aryl methyl sites for hydroxylation is 2. The van der Waals surface area contributed by atoms with E-state index in [-0.39, 0.29) is 13.2 Å². The van der Waals surface area contributed by atoms with Crippen molar-refractivity contribution in [3.63, 3.8) is 0 Å². The summed E-state index contributed by atoms with van der Waals surface area (Å²) in [5.41, 5.74) is 4.33. The Bertz CT molecular complexity index is 1050. The summed E-state index contributed by atoms with van der Waals surface area (Å²) in [6.45, 7) is 7.90. The number of nitrogens with zero attached hydrogens (tertiary/aromatic N) is 3. The fourth-order valence-corrected chi connectivity index (χ4v) is 3.45. The van der Waals surface area contributed by atoms with Crippen molar-refractivity contribution in [3.8, 4) is 34.5 Å². The van der Waals surface area contributed by atoms with Gasteiger partial charge in [-0.25, -0.2) is 4.98 Å². The first-order valence-electron chi connectivity index (χ1n) is 10.8. The minimum absolute atomic E-state index is 0.0264. The summed E-state index contributed by atoms with van der Waals surface area (Å²) in [7, 11) is 1.59. The van der Waals surface area contributed by atoms with E-state index in [0.717, 1.165) is 40.8 Å². The van der Waals surface area contributed by atoms with Gasteiger partial charge in [0.1, 0.15) is 18.5 Å². The molecule has 0 radical (unpaired) electrons. The molecule has 1 atom stereocenters. The highest BCUT2D eigenvalue weighted by Crippen LogP contribution is 2.32. The Labute approximate surface area is 188 Å². The molecule has 0 saturated carbocycles. The van der Waals surface area contributed by atoms with Gasteiger partial charge in [0.2, 0.25) is 11.7 Å². The zero-order chi connectivity index (χ0) is 23.3. The minimum Gasteiger partial charge on any atom is -0.490 e. The van der Waals surface area contributed by atoms with Crippen molar-refractivity contribution in [2.45, 2.75) is 46.6 Å². The van der Waals surface area contributed by atoms with Crippen LogP contribution in [0.5, 0.6) is 11.6 Å². The highest BCUT2D eigenvalue weighted by atomic mass is 16.5. The van der Waals surface area contributed by atoms with E-state index in [1.165, 1.54) is 0 Å². The second-order valence-corrected chi connectivity index (χ2v) is 8.19. The van der Waals surface area contributed by atoms with Crippen LogP contribution < -0.4 is 9.47 Å². The average molecular weight is 442 g/mol. The molecule has 32 heavy (non-hydrogen) atoms. The first-order valence-corrected chi connectivity index (χ1v) is 10.8. The number of rotatable bonds is 10. The molecular formula is C24H31N3O5. The molecule has 0 aliphatic rings. The lowest BCUT2D eigenvalue weighted by atomic mass is 10.0. The first-order chi connectivity index (χ1) is 15.3. The number of hydrogen-bond acceptors (Lipinski definition) is 8. The fourth-order valence-electron chi connectivity index (χ4n) is 3.45. The van der Waals surface area contributed by atoms with Crippen LogP contribution in [0.25, 0.3) is 22.8 Å². The van der Waals surface area contributed by atoms with E-state index >= 15 is 0 Å². The standard InChI is InChI=1S/C24H31N3O5/c1-6-16-9-17(8-15(4)22(16)31-13-20(29)12-28)23-26-24(32-27-23)18-10-19(7-14(2)3)25-21(11-18)30-5/h8-11,14,20,28-29H,6-7,12-13H2,1-5H3/t20-/m1/s1. The Kier molecular flexibility index (Phi) is 7.82. The van der Waals surface area contributed by atoms with Crippen molar-refractivity contribution in [1.82, 2.24) is 15.1 Å². The van der Waals surface area contributed by atoms with Gasteiger partial charge < -0.3 is 24.2 Å². The molecule has 0 bridgehead atoms. The largest absolute Gasteiger partial charge is 0.490 e. The van der Waals surface area contributed by atoms with Crippen LogP contribution in [0.2, 0.25) is 0 Å². The molecule has 2 N–H and O–H groups in total. The van der Waals surface area contributed by atoms with Crippen LogP contribution in [-0.4, -0.2) is 51.8 Å². The third kappa shape index (κ3) is 5.63. The van der Waals surface area contributed by atoms with Gasteiger partial charge in [-0.2, -0.15) is 4.98 Å². The molecule has 8 nitrogen and oxygen atoms in total. The second kappa shape index (κ2) is 10.6. The second-order valence-electron chi connectivity index (χ2n) is 8.19. The maximum Gasteiger partial charge on any atom is 0.258 e. The van der Waals surface area contributed by atoms with Crippen molar-refractivity contribution in [1.29, 1.82) is 0 Å². The van der Waals surface area contributed by atoms with Crippen molar-refractivity contribution >= 4 is 0 Å². The van der Waals surface area contributed by atoms with Gasteiger partial charge in [-0.15, -0.1) is 0 Å².